The number of para-hydroxylation sites is 1. The van der Waals surface area contributed by atoms with E-state index in [0.29, 0.717) is 5.39 Å². The number of hydrogen-bond donors (Lipinski definition) is 0. The monoisotopic (exact) mass is 190 g/mol. The molecule has 2 aromatic rings. The van der Waals surface area contributed by atoms with Crippen molar-refractivity contribution in [3.8, 4) is 0 Å². The van der Waals surface area contributed by atoms with Crippen LogP contribution in [0.4, 0.5) is 0 Å². The summed E-state index contributed by atoms with van der Waals surface area (Å²) in [5.41, 5.74) is 0.751. The van der Waals surface area contributed by atoms with Gasteiger partial charge in [0.05, 0.1) is 17.2 Å². The van der Waals surface area contributed by atoms with E-state index in [0.717, 1.165) is 5.52 Å². The van der Waals surface area contributed by atoms with Gasteiger partial charge in [-0.2, -0.15) is 0 Å². The standard InChI is InChI=1S/C9H8N2O.C2H6/c1-11-6-10-8-5-3-2-4-7(8)9(11)12;1-2/h2-6H,1H3;1-2H3. The van der Waals surface area contributed by atoms with E-state index in [1.807, 2.05) is 32.0 Å². The van der Waals surface area contributed by atoms with E-state index in [9.17, 15) is 4.79 Å². The van der Waals surface area contributed by atoms with Gasteiger partial charge in [-0.15, -0.1) is 0 Å². The molecule has 1 aromatic carbocycles. The van der Waals surface area contributed by atoms with Gasteiger partial charge in [0.2, 0.25) is 0 Å². The lowest BCUT2D eigenvalue weighted by molar-refractivity contribution is 0.843. The zero-order valence-electron chi connectivity index (χ0n) is 8.69. The van der Waals surface area contributed by atoms with Crippen LogP contribution in [-0.4, -0.2) is 9.55 Å². The minimum absolute atomic E-state index is 0.000556. The van der Waals surface area contributed by atoms with E-state index in [2.05, 4.69) is 4.98 Å². The minimum atomic E-state index is 0.000556. The summed E-state index contributed by atoms with van der Waals surface area (Å²) >= 11 is 0. The summed E-state index contributed by atoms with van der Waals surface area (Å²) in [4.78, 5) is 15.6. The number of hydrogen-bond acceptors (Lipinski definition) is 2. The Morgan fingerprint density at radius 2 is 1.86 bits per heavy atom. The first-order valence-electron chi connectivity index (χ1n) is 4.69. The van der Waals surface area contributed by atoms with Crippen molar-refractivity contribution in [3.05, 3.63) is 40.9 Å². The topological polar surface area (TPSA) is 34.9 Å². The van der Waals surface area contributed by atoms with Crippen molar-refractivity contribution in [2.75, 3.05) is 0 Å². The van der Waals surface area contributed by atoms with Crippen molar-refractivity contribution >= 4 is 10.9 Å². The molecule has 0 N–H and O–H groups in total. The Morgan fingerprint density at radius 3 is 2.57 bits per heavy atom. The third-order valence-electron chi connectivity index (χ3n) is 1.82. The molecular weight excluding hydrogens is 176 g/mol. The third kappa shape index (κ3) is 1.82. The van der Waals surface area contributed by atoms with Gasteiger partial charge in [-0.3, -0.25) is 4.79 Å². The Hall–Kier alpha value is -1.64. The molecule has 0 saturated heterocycles. The molecular formula is C11H14N2O. The Kier molecular flexibility index (Phi) is 3.40. The van der Waals surface area contributed by atoms with E-state index in [-0.39, 0.29) is 5.56 Å². The number of aryl methyl sites for hydroxylation is 1. The predicted octanol–water partition coefficient (Wildman–Crippen LogP) is 1.96. The summed E-state index contributed by atoms with van der Waals surface area (Å²) in [6.45, 7) is 4.00. The lowest BCUT2D eigenvalue weighted by Gasteiger charge is -1.97. The summed E-state index contributed by atoms with van der Waals surface area (Å²) in [6.07, 6.45) is 1.53. The molecule has 0 aliphatic rings. The second kappa shape index (κ2) is 4.56. The maximum absolute atomic E-state index is 11.5. The normalized spacial score (nSPS) is 9.36. The van der Waals surface area contributed by atoms with Crippen LogP contribution in [0.5, 0.6) is 0 Å². The summed E-state index contributed by atoms with van der Waals surface area (Å²) in [5.74, 6) is 0. The average molecular weight is 190 g/mol. The Morgan fingerprint density at radius 1 is 1.21 bits per heavy atom. The van der Waals surface area contributed by atoms with Crippen LogP contribution in [0.25, 0.3) is 10.9 Å². The van der Waals surface area contributed by atoms with Gasteiger partial charge >= 0.3 is 0 Å². The molecule has 74 valence electrons. The fourth-order valence-electron chi connectivity index (χ4n) is 1.16. The largest absolute Gasteiger partial charge is 0.302 e. The zero-order valence-corrected chi connectivity index (χ0v) is 8.69. The first-order valence-corrected chi connectivity index (χ1v) is 4.69. The van der Waals surface area contributed by atoms with Gasteiger partial charge in [0.1, 0.15) is 0 Å². The maximum atomic E-state index is 11.5. The first kappa shape index (κ1) is 10.4. The van der Waals surface area contributed by atoms with Crippen LogP contribution in [0.3, 0.4) is 0 Å². The van der Waals surface area contributed by atoms with Gasteiger partial charge in [0, 0.05) is 7.05 Å². The van der Waals surface area contributed by atoms with Crippen LogP contribution in [0.1, 0.15) is 13.8 Å². The number of rotatable bonds is 0. The van der Waals surface area contributed by atoms with Crippen LogP contribution in [-0.2, 0) is 7.05 Å². The van der Waals surface area contributed by atoms with Crippen molar-refractivity contribution < 1.29 is 0 Å². The highest BCUT2D eigenvalue weighted by Crippen LogP contribution is 2.03. The number of fused-ring (bicyclic) bond motifs is 1. The molecule has 0 unspecified atom stereocenters. The summed E-state index contributed by atoms with van der Waals surface area (Å²) in [7, 11) is 1.70. The predicted molar refractivity (Wildman–Crippen MR) is 58.3 cm³/mol. The van der Waals surface area contributed by atoms with Gasteiger partial charge in [-0.1, -0.05) is 26.0 Å². The highest BCUT2D eigenvalue weighted by molar-refractivity contribution is 5.76. The lowest BCUT2D eigenvalue weighted by Crippen LogP contribution is -2.16. The molecule has 3 nitrogen and oxygen atoms in total. The first-order chi connectivity index (χ1) is 6.79. The number of benzene rings is 1. The highest BCUT2D eigenvalue weighted by atomic mass is 16.1. The molecule has 0 saturated carbocycles. The number of aromatic nitrogens is 2. The van der Waals surface area contributed by atoms with Crippen molar-refractivity contribution in [2.24, 2.45) is 7.05 Å². The van der Waals surface area contributed by atoms with Crippen molar-refractivity contribution in [3.63, 3.8) is 0 Å². The third-order valence-corrected chi connectivity index (χ3v) is 1.82. The summed E-state index contributed by atoms with van der Waals surface area (Å²) < 4.78 is 1.47. The molecule has 1 heterocycles. The van der Waals surface area contributed by atoms with Crippen LogP contribution in [0.15, 0.2) is 35.4 Å². The zero-order chi connectivity index (χ0) is 10.6. The Bertz CT molecular complexity index is 474. The van der Waals surface area contributed by atoms with Crippen molar-refractivity contribution in [1.29, 1.82) is 0 Å². The summed E-state index contributed by atoms with van der Waals surface area (Å²) in [6, 6.07) is 7.32. The van der Waals surface area contributed by atoms with E-state index in [1.54, 1.807) is 13.1 Å². The molecule has 0 bridgehead atoms. The highest BCUT2D eigenvalue weighted by Gasteiger charge is 1.97. The van der Waals surface area contributed by atoms with Gasteiger partial charge in [-0.05, 0) is 12.1 Å². The molecule has 14 heavy (non-hydrogen) atoms. The molecule has 0 fully saturated rings. The quantitative estimate of drug-likeness (QED) is 0.636. The number of nitrogens with zero attached hydrogens (tertiary/aromatic N) is 2. The molecule has 0 aliphatic heterocycles. The molecule has 0 amide bonds. The SMILES string of the molecule is CC.Cn1cnc2ccccc2c1=O. The summed E-state index contributed by atoms with van der Waals surface area (Å²) in [5, 5.41) is 0.669. The fraction of sp³-hybridized carbons (Fsp3) is 0.273. The second-order valence-electron chi connectivity index (χ2n) is 2.68. The van der Waals surface area contributed by atoms with Gasteiger partial charge in [-0.25, -0.2) is 4.98 Å². The van der Waals surface area contributed by atoms with E-state index in [1.165, 1.54) is 10.9 Å². The van der Waals surface area contributed by atoms with Crippen LogP contribution >= 0.6 is 0 Å². The van der Waals surface area contributed by atoms with Crippen LogP contribution < -0.4 is 5.56 Å². The lowest BCUT2D eigenvalue weighted by atomic mass is 10.2. The fourth-order valence-corrected chi connectivity index (χ4v) is 1.16. The molecule has 2 rings (SSSR count). The Labute approximate surface area is 83.0 Å². The van der Waals surface area contributed by atoms with Gasteiger partial charge in [0.25, 0.3) is 5.56 Å². The van der Waals surface area contributed by atoms with E-state index >= 15 is 0 Å². The minimum Gasteiger partial charge on any atom is -0.302 e. The Balaban J connectivity index is 0.000000461. The van der Waals surface area contributed by atoms with Gasteiger partial charge < -0.3 is 4.57 Å². The van der Waals surface area contributed by atoms with E-state index in [4.69, 9.17) is 0 Å². The molecule has 0 radical (unpaired) electrons. The molecule has 0 aliphatic carbocycles. The smallest absolute Gasteiger partial charge is 0.260 e. The van der Waals surface area contributed by atoms with Gasteiger partial charge in [0.15, 0.2) is 0 Å². The van der Waals surface area contributed by atoms with Crippen molar-refractivity contribution in [1.82, 2.24) is 9.55 Å². The molecule has 0 spiro atoms. The maximum Gasteiger partial charge on any atom is 0.260 e. The second-order valence-corrected chi connectivity index (χ2v) is 2.68. The molecule has 3 heteroatoms. The van der Waals surface area contributed by atoms with Crippen molar-refractivity contribution in [2.45, 2.75) is 13.8 Å². The van der Waals surface area contributed by atoms with E-state index < -0.39 is 0 Å². The van der Waals surface area contributed by atoms with Crippen LogP contribution in [0.2, 0.25) is 0 Å². The van der Waals surface area contributed by atoms with Crippen LogP contribution in [0, 0.1) is 0 Å². The molecule has 1 aromatic heterocycles. The molecule has 0 atom stereocenters. The average Bonchev–Trinajstić information content (AvgIpc) is 2.27.